The molecule has 7 nitrogen and oxygen atoms in total. The van der Waals surface area contributed by atoms with Gasteiger partial charge in [0.1, 0.15) is 5.82 Å². The van der Waals surface area contributed by atoms with Crippen LogP contribution in [0.5, 0.6) is 0 Å². The van der Waals surface area contributed by atoms with Crippen molar-refractivity contribution < 1.29 is 5.11 Å². The zero-order chi connectivity index (χ0) is 14.0. The zero-order valence-corrected chi connectivity index (χ0v) is 11.3. The van der Waals surface area contributed by atoms with Crippen LogP contribution in [0.2, 0.25) is 0 Å². The molecule has 2 heterocycles. The third kappa shape index (κ3) is 3.54. The Morgan fingerprint density at radius 1 is 1.47 bits per heavy atom. The molecular weight excluding hydrogens is 246 g/mol. The van der Waals surface area contributed by atoms with Gasteiger partial charge in [0.05, 0.1) is 6.10 Å². The first-order chi connectivity index (χ1) is 8.85. The summed E-state index contributed by atoms with van der Waals surface area (Å²) in [6, 6.07) is 3.41. The molecule has 0 aromatic carbocycles. The minimum atomic E-state index is -0.460. The topological polar surface area (TPSA) is 95.3 Å². The summed E-state index contributed by atoms with van der Waals surface area (Å²) in [6.45, 7) is 6.62. The van der Waals surface area contributed by atoms with Crippen LogP contribution in [-0.4, -0.2) is 37.6 Å². The van der Waals surface area contributed by atoms with E-state index in [2.05, 4.69) is 41.4 Å². The Morgan fingerprint density at radius 2 is 2.21 bits per heavy atom. The van der Waals surface area contributed by atoms with Crippen LogP contribution < -0.4 is 11.0 Å². The molecule has 0 spiro atoms. The first kappa shape index (κ1) is 13.5. The van der Waals surface area contributed by atoms with Crippen LogP contribution in [0.4, 0.5) is 5.82 Å². The number of aromatic nitrogens is 4. The van der Waals surface area contributed by atoms with Gasteiger partial charge in [0, 0.05) is 6.54 Å². The highest BCUT2D eigenvalue weighted by Crippen LogP contribution is 2.20. The lowest BCUT2D eigenvalue weighted by atomic mass is 9.89. The lowest BCUT2D eigenvalue weighted by Gasteiger charge is -2.22. The van der Waals surface area contributed by atoms with E-state index in [-0.39, 0.29) is 11.1 Å². The minimum Gasteiger partial charge on any atom is -0.391 e. The maximum absolute atomic E-state index is 11.4. The molecule has 3 N–H and O–H groups in total. The van der Waals surface area contributed by atoms with E-state index in [0.29, 0.717) is 24.4 Å². The fraction of sp³-hybridized carbons (Fsp3) is 0.583. The van der Waals surface area contributed by atoms with Gasteiger partial charge in [-0.3, -0.25) is 0 Å². The van der Waals surface area contributed by atoms with Gasteiger partial charge in [0.25, 0.3) is 0 Å². The Morgan fingerprint density at radius 3 is 2.89 bits per heavy atom. The molecule has 0 bridgehead atoms. The molecular formula is C12H19N5O2. The molecule has 1 unspecified atom stereocenters. The maximum atomic E-state index is 11.4. The summed E-state index contributed by atoms with van der Waals surface area (Å²) in [5, 5.41) is 23.1. The molecule has 0 saturated heterocycles. The van der Waals surface area contributed by atoms with Gasteiger partial charge in [-0.2, -0.15) is 9.61 Å². The third-order valence-electron chi connectivity index (χ3n) is 2.64. The van der Waals surface area contributed by atoms with Crippen molar-refractivity contribution in [1.82, 2.24) is 19.8 Å². The monoisotopic (exact) mass is 265 g/mol. The van der Waals surface area contributed by atoms with E-state index in [9.17, 15) is 9.90 Å². The van der Waals surface area contributed by atoms with E-state index in [4.69, 9.17) is 0 Å². The van der Waals surface area contributed by atoms with Gasteiger partial charge in [-0.1, -0.05) is 20.8 Å². The Hall–Kier alpha value is -1.89. The van der Waals surface area contributed by atoms with Crippen molar-refractivity contribution in [2.45, 2.75) is 33.3 Å². The number of nitrogens with one attached hydrogen (secondary N) is 2. The summed E-state index contributed by atoms with van der Waals surface area (Å²) in [6.07, 6.45) is 0.229. The fourth-order valence-corrected chi connectivity index (χ4v) is 1.90. The molecule has 0 fully saturated rings. The highest BCUT2D eigenvalue weighted by Gasteiger charge is 2.16. The van der Waals surface area contributed by atoms with Crippen LogP contribution in [-0.2, 0) is 0 Å². The second-order valence-electron chi connectivity index (χ2n) is 5.82. The van der Waals surface area contributed by atoms with Crippen molar-refractivity contribution in [2.24, 2.45) is 5.41 Å². The third-order valence-corrected chi connectivity index (χ3v) is 2.64. The molecule has 0 aliphatic heterocycles. The number of aromatic amines is 1. The Balaban J connectivity index is 2.01. The standard InChI is InChI=1S/C12H19N5O2/c1-12(2,3)6-8(18)7-13-9-4-5-10-14-15-11(19)17(10)16-9/h4-5,8,18H,6-7H2,1-3H3,(H,13,16)(H,15,19). The van der Waals surface area contributed by atoms with Crippen LogP contribution in [0.25, 0.3) is 5.65 Å². The molecule has 1 atom stereocenters. The lowest BCUT2D eigenvalue weighted by molar-refractivity contribution is 0.132. The summed E-state index contributed by atoms with van der Waals surface area (Å²) < 4.78 is 1.18. The maximum Gasteiger partial charge on any atom is 0.364 e. The normalized spacial score (nSPS) is 13.7. The van der Waals surface area contributed by atoms with Gasteiger partial charge in [0.2, 0.25) is 0 Å². The predicted molar refractivity (Wildman–Crippen MR) is 72.2 cm³/mol. The molecule has 19 heavy (non-hydrogen) atoms. The molecule has 7 heteroatoms. The number of aliphatic hydroxyl groups excluding tert-OH is 1. The molecule has 2 aromatic heterocycles. The number of anilines is 1. The second-order valence-corrected chi connectivity index (χ2v) is 5.82. The van der Waals surface area contributed by atoms with Crippen molar-refractivity contribution >= 4 is 11.5 Å². The Kier molecular flexibility index (Phi) is 3.57. The van der Waals surface area contributed by atoms with Crippen molar-refractivity contribution in [2.75, 3.05) is 11.9 Å². The van der Waals surface area contributed by atoms with Gasteiger partial charge >= 0.3 is 5.69 Å². The van der Waals surface area contributed by atoms with Gasteiger partial charge in [-0.15, -0.1) is 5.10 Å². The summed E-state index contributed by atoms with van der Waals surface area (Å²) in [7, 11) is 0. The summed E-state index contributed by atoms with van der Waals surface area (Å²) in [5.41, 5.74) is 0.152. The second kappa shape index (κ2) is 5.00. The largest absolute Gasteiger partial charge is 0.391 e. The van der Waals surface area contributed by atoms with Gasteiger partial charge in [-0.05, 0) is 24.0 Å². The van der Waals surface area contributed by atoms with Crippen molar-refractivity contribution in [3.05, 3.63) is 22.6 Å². The smallest absolute Gasteiger partial charge is 0.364 e. The van der Waals surface area contributed by atoms with E-state index in [1.807, 2.05) is 0 Å². The van der Waals surface area contributed by atoms with Gasteiger partial charge in [-0.25, -0.2) is 9.89 Å². The lowest BCUT2D eigenvalue weighted by Crippen LogP contribution is -2.25. The number of nitrogens with zero attached hydrogens (tertiary/aromatic N) is 3. The highest BCUT2D eigenvalue weighted by molar-refractivity contribution is 5.42. The number of fused-ring (bicyclic) bond motifs is 1. The summed E-state index contributed by atoms with van der Waals surface area (Å²) in [5.74, 6) is 0.531. The zero-order valence-electron chi connectivity index (χ0n) is 11.3. The molecule has 2 aromatic rings. The number of H-pyrrole nitrogens is 1. The average molecular weight is 265 g/mol. The predicted octanol–water partition coefficient (Wildman–Crippen LogP) is 0.627. The van der Waals surface area contributed by atoms with Crippen LogP contribution in [0.1, 0.15) is 27.2 Å². The Bertz CT molecular complexity index is 610. The van der Waals surface area contributed by atoms with E-state index in [1.165, 1.54) is 4.52 Å². The van der Waals surface area contributed by atoms with Crippen molar-refractivity contribution in [3.8, 4) is 0 Å². The van der Waals surface area contributed by atoms with Crippen LogP contribution in [0.3, 0.4) is 0 Å². The van der Waals surface area contributed by atoms with E-state index in [1.54, 1.807) is 12.1 Å². The molecule has 0 aliphatic rings. The molecule has 104 valence electrons. The van der Waals surface area contributed by atoms with Gasteiger partial charge in [0.15, 0.2) is 5.65 Å². The van der Waals surface area contributed by atoms with Gasteiger partial charge < -0.3 is 10.4 Å². The van der Waals surface area contributed by atoms with Crippen LogP contribution >= 0.6 is 0 Å². The molecule has 0 radical (unpaired) electrons. The first-order valence-corrected chi connectivity index (χ1v) is 6.21. The SMILES string of the molecule is CC(C)(C)CC(O)CNc1ccc2n[nH]c(=O)n2n1. The van der Waals surface area contributed by atoms with Crippen molar-refractivity contribution in [1.29, 1.82) is 0 Å². The quantitative estimate of drug-likeness (QED) is 0.753. The fourth-order valence-electron chi connectivity index (χ4n) is 1.90. The molecule has 0 amide bonds. The number of aliphatic hydroxyl groups is 1. The van der Waals surface area contributed by atoms with Crippen LogP contribution in [0.15, 0.2) is 16.9 Å². The van der Waals surface area contributed by atoms with E-state index >= 15 is 0 Å². The highest BCUT2D eigenvalue weighted by atomic mass is 16.3. The average Bonchev–Trinajstić information content (AvgIpc) is 2.66. The molecule has 0 saturated carbocycles. The first-order valence-electron chi connectivity index (χ1n) is 6.21. The van der Waals surface area contributed by atoms with E-state index < -0.39 is 6.10 Å². The van der Waals surface area contributed by atoms with Crippen molar-refractivity contribution in [3.63, 3.8) is 0 Å². The summed E-state index contributed by atoms with van der Waals surface area (Å²) in [4.78, 5) is 11.4. The Labute approximate surface area is 110 Å². The minimum absolute atomic E-state index is 0.0694. The van der Waals surface area contributed by atoms with Crippen LogP contribution in [0, 0.1) is 5.41 Å². The summed E-state index contributed by atoms with van der Waals surface area (Å²) >= 11 is 0. The number of rotatable bonds is 4. The molecule has 0 aliphatic carbocycles. The number of hydrogen-bond donors (Lipinski definition) is 3. The number of hydrogen-bond acceptors (Lipinski definition) is 5. The molecule has 2 rings (SSSR count). The van der Waals surface area contributed by atoms with E-state index in [0.717, 1.165) is 0 Å².